The minimum Gasteiger partial charge on any atom is -0.461 e. The zero-order valence-electron chi connectivity index (χ0n) is 11.0. The third-order valence-corrected chi connectivity index (χ3v) is 4.55. The molecule has 0 fully saturated rings. The van der Waals surface area contributed by atoms with Gasteiger partial charge in [0.2, 0.25) is 11.7 Å². The van der Waals surface area contributed by atoms with Crippen molar-refractivity contribution in [2.24, 2.45) is 0 Å². The van der Waals surface area contributed by atoms with Crippen LogP contribution in [0.3, 0.4) is 0 Å². The molecule has 0 aliphatic heterocycles. The molecule has 0 saturated carbocycles. The molecule has 0 spiro atoms. The van der Waals surface area contributed by atoms with E-state index in [4.69, 9.17) is 25.8 Å². The molecule has 2 heterocycles. The van der Waals surface area contributed by atoms with E-state index in [0.717, 1.165) is 0 Å². The predicted octanol–water partition coefficient (Wildman–Crippen LogP) is 3.16. The predicted molar refractivity (Wildman–Crippen MR) is 78.3 cm³/mol. The number of nitriles is 1. The molecule has 0 aliphatic carbocycles. The number of furan rings is 1. The molecule has 6 nitrogen and oxygen atoms in total. The Hall–Kier alpha value is -2.43. The SMILES string of the molecule is N#Cc1ccc(S(=O)Cc2nc(-c3ccco3)no2)c(Cl)c1. The molecule has 0 bridgehead atoms. The molecule has 3 aromatic rings. The summed E-state index contributed by atoms with van der Waals surface area (Å²) >= 11 is 6.03. The average Bonchev–Trinajstić information content (AvgIpc) is 3.17. The molecule has 22 heavy (non-hydrogen) atoms. The summed E-state index contributed by atoms with van der Waals surface area (Å²) in [6.07, 6.45) is 1.50. The normalized spacial score (nSPS) is 12.0. The lowest BCUT2D eigenvalue weighted by Crippen LogP contribution is -1.98. The van der Waals surface area contributed by atoms with Gasteiger partial charge in [-0.1, -0.05) is 16.8 Å². The first-order valence-corrected chi connectivity index (χ1v) is 7.81. The summed E-state index contributed by atoms with van der Waals surface area (Å²) in [5, 5.41) is 12.8. The lowest BCUT2D eigenvalue weighted by molar-refractivity contribution is 0.389. The molecular weight excluding hydrogens is 326 g/mol. The Labute approximate surface area is 132 Å². The van der Waals surface area contributed by atoms with E-state index in [2.05, 4.69) is 10.1 Å². The maximum Gasteiger partial charge on any atom is 0.240 e. The van der Waals surface area contributed by atoms with E-state index in [9.17, 15) is 4.21 Å². The van der Waals surface area contributed by atoms with E-state index >= 15 is 0 Å². The van der Waals surface area contributed by atoms with Gasteiger partial charge in [-0.3, -0.25) is 4.21 Å². The van der Waals surface area contributed by atoms with E-state index in [1.165, 1.54) is 12.3 Å². The summed E-state index contributed by atoms with van der Waals surface area (Å²) in [6, 6.07) is 9.96. The van der Waals surface area contributed by atoms with Crippen LogP contribution in [0.1, 0.15) is 11.5 Å². The van der Waals surface area contributed by atoms with Crippen molar-refractivity contribution in [3.05, 3.63) is 53.1 Å². The number of rotatable bonds is 4. The van der Waals surface area contributed by atoms with Crippen LogP contribution < -0.4 is 0 Å². The molecule has 2 aromatic heterocycles. The monoisotopic (exact) mass is 333 g/mol. The van der Waals surface area contributed by atoms with Crippen LogP contribution in [0.25, 0.3) is 11.6 Å². The number of aromatic nitrogens is 2. The summed E-state index contributed by atoms with van der Waals surface area (Å²) in [4.78, 5) is 4.54. The van der Waals surface area contributed by atoms with Gasteiger partial charge in [0.05, 0.1) is 38.6 Å². The lowest BCUT2D eigenvalue weighted by Gasteiger charge is -2.02. The third-order valence-electron chi connectivity index (χ3n) is 2.77. The molecular formula is C14H8ClN3O3S. The van der Waals surface area contributed by atoms with Crippen LogP contribution in [0.4, 0.5) is 0 Å². The number of hydrogen-bond donors (Lipinski definition) is 0. The van der Waals surface area contributed by atoms with Crippen molar-refractivity contribution in [2.45, 2.75) is 10.6 Å². The van der Waals surface area contributed by atoms with Gasteiger partial charge in [0.1, 0.15) is 5.75 Å². The van der Waals surface area contributed by atoms with Gasteiger partial charge in [0.15, 0.2) is 5.76 Å². The third kappa shape index (κ3) is 2.93. The zero-order valence-corrected chi connectivity index (χ0v) is 12.6. The fourth-order valence-electron chi connectivity index (χ4n) is 1.76. The van der Waals surface area contributed by atoms with Crippen LogP contribution >= 0.6 is 11.6 Å². The smallest absolute Gasteiger partial charge is 0.240 e. The fourth-order valence-corrected chi connectivity index (χ4v) is 3.20. The quantitative estimate of drug-likeness (QED) is 0.728. The highest BCUT2D eigenvalue weighted by Crippen LogP contribution is 2.23. The molecule has 8 heteroatoms. The van der Waals surface area contributed by atoms with Gasteiger partial charge in [0, 0.05) is 0 Å². The van der Waals surface area contributed by atoms with Crippen molar-refractivity contribution in [3.63, 3.8) is 0 Å². The average molecular weight is 334 g/mol. The molecule has 0 radical (unpaired) electrons. The second-order valence-electron chi connectivity index (χ2n) is 4.24. The number of nitrogens with zero attached hydrogens (tertiary/aromatic N) is 3. The van der Waals surface area contributed by atoms with Gasteiger partial charge in [-0.25, -0.2) is 0 Å². The van der Waals surface area contributed by atoms with E-state index in [1.54, 1.807) is 24.3 Å². The van der Waals surface area contributed by atoms with Gasteiger partial charge < -0.3 is 8.94 Å². The summed E-state index contributed by atoms with van der Waals surface area (Å²) in [5.74, 6) is 1.00. The topological polar surface area (TPSA) is 92.9 Å². The molecule has 0 aliphatic rings. The maximum atomic E-state index is 12.3. The fraction of sp³-hybridized carbons (Fsp3) is 0.0714. The van der Waals surface area contributed by atoms with Crippen LogP contribution in [0.15, 0.2) is 50.4 Å². The summed E-state index contributed by atoms with van der Waals surface area (Å²) in [7, 11) is -1.46. The van der Waals surface area contributed by atoms with Gasteiger partial charge in [-0.2, -0.15) is 10.2 Å². The van der Waals surface area contributed by atoms with Gasteiger partial charge in [-0.05, 0) is 30.3 Å². The molecule has 110 valence electrons. The Morgan fingerprint density at radius 2 is 2.23 bits per heavy atom. The van der Waals surface area contributed by atoms with E-state index in [1.807, 2.05) is 6.07 Å². The first-order chi connectivity index (χ1) is 10.7. The Bertz CT molecular complexity index is 868. The van der Waals surface area contributed by atoms with E-state index in [-0.39, 0.29) is 16.7 Å². The molecule has 0 N–H and O–H groups in total. The summed E-state index contributed by atoms with van der Waals surface area (Å²) in [6.45, 7) is 0. The Kier molecular flexibility index (Phi) is 4.04. The molecule has 1 aromatic carbocycles. The second-order valence-corrected chi connectivity index (χ2v) is 6.06. The first-order valence-electron chi connectivity index (χ1n) is 6.12. The summed E-state index contributed by atoms with van der Waals surface area (Å²) < 4.78 is 22.5. The van der Waals surface area contributed by atoms with Crippen molar-refractivity contribution < 1.29 is 13.1 Å². The molecule has 3 rings (SSSR count). The minimum absolute atomic E-state index is 0.0271. The van der Waals surface area contributed by atoms with Crippen molar-refractivity contribution in [1.82, 2.24) is 10.1 Å². The number of benzene rings is 1. The second kappa shape index (κ2) is 6.13. The van der Waals surface area contributed by atoms with E-state index < -0.39 is 10.8 Å². The standard InChI is InChI=1S/C14H8ClN3O3S/c15-10-6-9(7-16)3-4-12(10)22(19)8-13-17-14(18-21-13)11-2-1-5-20-11/h1-6H,8H2. The van der Waals surface area contributed by atoms with Crippen molar-refractivity contribution in [2.75, 3.05) is 0 Å². The lowest BCUT2D eigenvalue weighted by atomic mass is 10.2. The molecule has 1 atom stereocenters. The van der Waals surface area contributed by atoms with Gasteiger partial charge >= 0.3 is 0 Å². The van der Waals surface area contributed by atoms with Crippen LogP contribution in [0.5, 0.6) is 0 Å². The minimum atomic E-state index is -1.46. The number of halogens is 1. The zero-order chi connectivity index (χ0) is 15.5. The summed E-state index contributed by atoms with van der Waals surface area (Å²) in [5.41, 5.74) is 0.406. The highest BCUT2D eigenvalue weighted by Gasteiger charge is 2.16. The van der Waals surface area contributed by atoms with Crippen LogP contribution in [0.2, 0.25) is 5.02 Å². The highest BCUT2D eigenvalue weighted by atomic mass is 35.5. The molecule has 1 unspecified atom stereocenters. The Morgan fingerprint density at radius 3 is 2.91 bits per heavy atom. The largest absolute Gasteiger partial charge is 0.461 e. The highest BCUT2D eigenvalue weighted by molar-refractivity contribution is 7.84. The van der Waals surface area contributed by atoms with Crippen molar-refractivity contribution >= 4 is 22.4 Å². The Morgan fingerprint density at radius 1 is 1.36 bits per heavy atom. The Balaban J connectivity index is 1.79. The van der Waals surface area contributed by atoms with Gasteiger partial charge in [0.25, 0.3) is 0 Å². The van der Waals surface area contributed by atoms with Crippen LogP contribution in [-0.2, 0) is 16.6 Å². The van der Waals surface area contributed by atoms with Crippen molar-refractivity contribution in [1.29, 1.82) is 5.26 Å². The van der Waals surface area contributed by atoms with Crippen molar-refractivity contribution in [3.8, 4) is 17.7 Å². The molecule has 0 saturated heterocycles. The number of hydrogen-bond acceptors (Lipinski definition) is 6. The molecule has 0 amide bonds. The van der Waals surface area contributed by atoms with E-state index in [0.29, 0.717) is 22.0 Å². The maximum absolute atomic E-state index is 12.3. The first kappa shape index (κ1) is 14.5. The van der Waals surface area contributed by atoms with Crippen LogP contribution in [-0.4, -0.2) is 14.3 Å². The van der Waals surface area contributed by atoms with Gasteiger partial charge in [-0.15, -0.1) is 0 Å². The van der Waals surface area contributed by atoms with Crippen LogP contribution in [0, 0.1) is 11.3 Å².